The van der Waals surface area contributed by atoms with Crippen LogP contribution in [0.5, 0.6) is 0 Å². The Labute approximate surface area is 164 Å². The fourth-order valence-electron chi connectivity index (χ4n) is 3.36. The molecule has 1 fully saturated rings. The molecule has 1 aromatic carbocycles. The number of piperidine rings is 1. The van der Waals surface area contributed by atoms with Crippen LogP contribution in [0.2, 0.25) is 0 Å². The molecular formula is C18H26ClN3O3S. The van der Waals surface area contributed by atoms with Gasteiger partial charge in [-0.3, -0.25) is 9.59 Å². The Morgan fingerprint density at radius 1 is 1.38 bits per heavy atom. The Balaban J connectivity index is 0.00000243. The third-order valence-electron chi connectivity index (χ3n) is 4.91. The molecule has 1 aromatic rings. The highest BCUT2D eigenvalue weighted by molar-refractivity contribution is 8.00. The van der Waals surface area contributed by atoms with Gasteiger partial charge in [-0.25, -0.2) is 0 Å². The first kappa shape index (κ1) is 21.0. The summed E-state index contributed by atoms with van der Waals surface area (Å²) in [5.41, 5.74) is 1.27. The predicted molar refractivity (Wildman–Crippen MR) is 106 cm³/mol. The second-order valence-electron chi connectivity index (χ2n) is 6.83. The summed E-state index contributed by atoms with van der Waals surface area (Å²) in [5, 5.41) is 9.16. The number of amides is 2. The summed E-state index contributed by atoms with van der Waals surface area (Å²) in [6.07, 6.45) is 1.96. The number of fused-ring (bicyclic) bond motifs is 1. The number of nitrogens with one attached hydrogen (secondary N) is 3. The maximum atomic E-state index is 12.6. The standard InChI is InChI=1S/C18H25N3O3S.ClH/c1-12-16(22)21-14-9-13(3-4-15(14)25-12)17(23)20-10-18(11-24-2)5-7-19-8-6-18;/h3-4,9,12,19H,5-8,10-11H2,1-2H3,(H,20,23)(H,21,22);1H. The fraction of sp³-hybridized carbons (Fsp3) is 0.556. The molecule has 1 atom stereocenters. The lowest BCUT2D eigenvalue weighted by Gasteiger charge is -2.37. The lowest BCUT2D eigenvalue weighted by molar-refractivity contribution is -0.115. The molecule has 0 spiro atoms. The van der Waals surface area contributed by atoms with Crippen LogP contribution in [0.3, 0.4) is 0 Å². The van der Waals surface area contributed by atoms with Gasteiger partial charge in [0.05, 0.1) is 17.5 Å². The van der Waals surface area contributed by atoms with Crippen LogP contribution in [-0.4, -0.2) is 50.4 Å². The van der Waals surface area contributed by atoms with Gasteiger partial charge < -0.3 is 20.7 Å². The normalized spacial score (nSPS) is 21.2. The van der Waals surface area contributed by atoms with Crippen molar-refractivity contribution in [3.8, 4) is 0 Å². The number of carbonyl (C=O) groups excluding carboxylic acids is 2. The minimum atomic E-state index is -0.116. The van der Waals surface area contributed by atoms with Crippen molar-refractivity contribution in [2.24, 2.45) is 5.41 Å². The highest BCUT2D eigenvalue weighted by Gasteiger charge is 2.32. The molecule has 2 heterocycles. The molecule has 1 unspecified atom stereocenters. The molecule has 0 bridgehead atoms. The van der Waals surface area contributed by atoms with Gasteiger partial charge in [0.2, 0.25) is 5.91 Å². The number of halogens is 1. The van der Waals surface area contributed by atoms with E-state index < -0.39 is 0 Å². The van der Waals surface area contributed by atoms with Crippen LogP contribution in [0.4, 0.5) is 5.69 Å². The summed E-state index contributed by atoms with van der Waals surface area (Å²) in [5.74, 6) is -0.140. The average molecular weight is 400 g/mol. The van der Waals surface area contributed by atoms with Crippen LogP contribution >= 0.6 is 24.2 Å². The van der Waals surface area contributed by atoms with E-state index >= 15 is 0 Å². The Bertz CT molecular complexity index is 660. The Kier molecular flexibility index (Phi) is 7.34. The highest BCUT2D eigenvalue weighted by Crippen LogP contribution is 2.36. The molecule has 0 radical (unpaired) electrons. The molecule has 144 valence electrons. The van der Waals surface area contributed by atoms with Gasteiger partial charge in [-0.1, -0.05) is 0 Å². The number of ether oxygens (including phenoxy) is 1. The Morgan fingerprint density at radius 3 is 2.81 bits per heavy atom. The van der Waals surface area contributed by atoms with Crippen molar-refractivity contribution in [2.45, 2.75) is 29.9 Å². The first-order valence-corrected chi connectivity index (χ1v) is 9.50. The van der Waals surface area contributed by atoms with Gasteiger partial charge in [-0.05, 0) is 51.1 Å². The maximum absolute atomic E-state index is 12.6. The van der Waals surface area contributed by atoms with E-state index in [4.69, 9.17) is 4.74 Å². The first-order valence-electron chi connectivity index (χ1n) is 8.62. The fourth-order valence-corrected chi connectivity index (χ4v) is 4.29. The summed E-state index contributed by atoms with van der Waals surface area (Å²) in [4.78, 5) is 25.4. The molecule has 2 aliphatic heterocycles. The zero-order valence-electron chi connectivity index (χ0n) is 15.1. The number of hydrogen-bond donors (Lipinski definition) is 3. The summed E-state index contributed by atoms with van der Waals surface area (Å²) in [6.45, 7) is 5.00. The van der Waals surface area contributed by atoms with Crippen molar-refractivity contribution in [3.05, 3.63) is 23.8 Å². The van der Waals surface area contributed by atoms with Gasteiger partial charge in [0.15, 0.2) is 0 Å². The zero-order chi connectivity index (χ0) is 17.9. The van der Waals surface area contributed by atoms with E-state index in [1.54, 1.807) is 13.2 Å². The third-order valence-corrected chi connectivity index (χ3v) is 6.09. The van der Waals surface area contributed by atoms with Crippen molar-refractivity contribution in [1.29, 1.82) is 0 Å². The molecule has 26 heavy (non-hydrogen) atoms. The van der Waals surface area contributed by atoms with Gasteiger partial charge >= 0.3 is 0 Å². The molecule has 3 N–H and O–H groups in total. The van der Waals surface area contributed by atoms with Crippen molar-refractivity contribution in [2.75, 3.05) is 38.7 Å². The number of thioether (sulfide) groups is 1. The van der Waals surface area contributed by atoms with E-state index in [0.29, 0.717) is 24.4 Å². The summed E-state index contributed by atoms with van der Waals surface area (Å²) < 4.78 is 5.39. The maximum Gasteiger partial charge on any atom is 0.251 e. The first-order chi connectivity index (χ1) is 12.0. The van der Waals surface area contributed by atoms with E-state index in [1.165, 1.54) is 11.8 Å². The summed E-state index contributed by atoms with van der Waals surface area (Å²) >= 11 is 1.52. The van der Waals surface area contributed by atoms with Gasteiger partial charge in [-0.15, -0.1) is 24.2 Å². The van der Waals surface area contributed by atoms with E-state index in [-0.39, 0.29) is 34.9 Å². The van der Waals surface area contributed by atoms with Crippen LogP contribution in [0.1, 0.15) is 30.1 Å². The van der Waals surface area contributed by atoms with E-state index in [9.17, 15) is 9.59 Å². The van der Waals surface area contributed by atoms with Crippen LogP contribution in [0.15, 0.2) is 23.1 Å². The number of anilines is 1. The van der Waals surface area contributed by atoms with Crippen LogP contribution in [0, 0.1) is 5.41 Å². The third kappa shape index (κ3) is 4.71. The lowest BCUT2D eigenvalue weighted by Crippen LogP contribution is -2.47. The van der Waals surface area contributed by atoms with E-state index in [1.807, 2.05) is 19.1 Å². The van der Waals surface area contributed by atoms with Crippen molar-refractivity contribution in [1.82, 2.24) is 10.6 Å². The van der Waals surface area contributed by atoms with Crippen LogP contribution < -0.4 is 16.0 Å². The van der Waals surface area contributed by atoms with Gasteiger partial charge in [-0.2, -0.15) is 0 Å². The topological polar surface area (TPSA) is 79.5 Å². The largest absolute Gasteiger partial charge is 0.384 e. The van der Waals surface area contributed by atoms with Gasteiger partial charge in [0.25, 0.3) is 5.91 Å². The van der Waals surface area contributed by atoms with Crippen molar-refractivity contribution >= 4 is 41.7 Å². The Hall–Kier alpha value is -1.28. The zero-order valence-corrected chi connectivity index (χ0v) is 16.7. The summed E-state index contributed by atoms with van der Waals surface area (Å²) in [7, 11) is 1.70. The van der Waals surface area contributed by atoms with Crippen LogP contribution in [0.25, 0.3) is 0 Å². The SMILES string of the molecule is COCC1(CNC(=O)c2ccc3c(c2)NC(=O)C(C)S3)CCNCC1.Cl. The number of benzene rings is 1. The minimum Gasteiger partial charge on any atom is -0.384 e. The lowest BCUT2D eigenvalue weighted by atomic mass is 9.79. The number of carbonyl (C=O) groups is 2. The van der Waals surface area contributed by atoms with Gasteiger partial charge in [0.1, 0.15) is 0 Å². The minimum absolute atomic E-state index is 0. The van der Waals surface area contributed by atoms with E-state index in [0.717, 1.165) is 30.8 Å². The smallest absolute Gasteiger partial charge is 0.251 e. The number of hydrogen-bond acceptors (Lipinski definition) is 5. The molecule has 3 rings (SSSR count). The molecule has 0 aliphatic carbocycles. The average Bonchev–Trinajstić information content (AvgIpc) is 2.61. The molecule has 8 heteroatoms. The quantitative estimate of drug-likeness (QED) is 0.707. The number of methoxy groups -OCH3 is 1. The highest BCUT2D eigenvalue weighted by atomic mass is 35.5. The van der Waals surface area contributed by atoms with Gasteiger partial charge in [0, 0.05) is 29.5 Å². The molecule has 2 aliphatic rings. The molecule has 2 amide bonds. The molecule has 6 nitrogen and oxygen atoms in total. The van der Waals surface area contributed by atoms with Crippen molar-refractivity contribution in [3.63, 3.8) is 0 Å². The Morgan fingerprint density at radius 2 is 2.12 bits per heavy atom. The number of rotatable bonds is 5. The molecule has 0 aromatic heterocycles. The second kappa shape index (κ2) is 9.08. The second-order valence-corrected chi connectivity index (χ2v) is 8.21. The molecular weight excluding hydrogens is 374 g/mol. The molecule has 0 saturated carbocycles. The van der Waals surface area contributed by atoms with Crippen LogP contribution in [-0.2, 0) is 9.53 Å². The molecule has 1 saturated heterocycles. The monoisotopic (exact) mass is 399 g/mol. The summed E-state index contributed by atoms with van der Waals surface area (Å²) in [6, 6.07) is 5.48. The van der Waals surface area contributed by atoms with E-state index in [2.05, 4.69) is 16.0 Å². The van der Waals surface area contributed by atoms with Crippen molar-refractivity contribution < 1.29 is 14.3 Å². The predicted octanol–water partition coefficient (Wildman–Crippen LogP) is 2.29.